The van der Waals surface area contributed by atoms with E-state index in [9.17, 15) is 4.79 Å². The Labute approximate surface area is 152 Å². The molecule has 24 heavy (non-hydrogen) atoms. The highest BCUT2D eigenvalue weighted by molar-refractivity contribution is 14.1. The van der Waals surface area contributed by atoms with Crippen LogP contribution in [0.3, 0.4) is 0 Å². The number of fused-ring (bicyclic) bond motifs is 1. The van der Waals surface area contributed by atoms with Crippen molar-refractivity contribution in [1.82, 2.24) is 0 Å². The van der Waals surface area contributed by atoms with Gasteiger partial charge in [0, 0.05) is 3.57 Å². The standard InChI is InChI=1S/C18H12INO4/c19-13-4-2-1-3-12(13)17-20-14(18(21)24-17)9-11-5-6-15-16(10-11)23-8-7-22-15/h1-6,9-10H,7-8H2. The van der Waals surface area contributed by atoms with Crippen LogP contribution in [0.2, 0.25) is 0 Å². The smallest absolute Gasteiger partial charge is 0.363 e. The number of esters is 1. The number of halogens is 1. The van der Waals surface area contributed by atoms with Crippen LogP contribution in [0.4, 0.5) is 0 Å². The van der Waals surface area contributed by atoms with Gasteiger partial charge in [-0.05, 0) is 58.5 Å². The third kappa shape index (κ3) is 2.89. The average molecular weight is 433 g/mol. The maximum Gasteiger partial charge on any atom is 0.363 e. The van der Waals surface area contributed by atoms with E-state index in [0.29, 0.717) is 30.6 Å². The third-order valence-corrected chi connectivity index (χ3v) is 4.54. The fourth-order valence-corrected chi connectivity index (χ4v) is 3.08. The predicted octanol–water partition coefficient (Wildman–Crippen LogP) is 3.41. The van der Waals surface area contributed by atoms with Gasteiger partial charge in [0.25, 0.3) is 0 Å². The van der Waals surface area contributed by atoms with Crippen LogP contribution in [-0.2, 0) is 9.53 Å². The summed E-state index contributed by atoms with van der Waals surface area (Å²) in [4.78, 5) is 16.4. The molecule has 0 atom stereocenters. The van der Waals surface area contributed by atoms with E-state index in [1.54, 1.807) is 6.08 Å². The fraction of sp³-hybridized carbons (Fsp3) is 0.111. The zero-order chi connectivity index (χ0) is 16.5. The highest BCUT2D eigenvalue weighted by atomic mass is 127. The van der Waals surface area contributed by atoms with Gasteiger partial charge >= 0.3 is 5.97 Å². The Balaban J connectivity index is 1.67. The van der Waals surface area contributed by atoms with Gasteiger partial charge in [-0.3, -0.25) is 0 Å². The van der Waals surface area contributed by atoms with Crippen LogP contribution in [0, 0.1) is 3.57 Å². The molecule has 2 aromatic carbocycles. The number of benzene rings is 2. The van der Waals surface area contributed by atoms with Crippen LogP contribution in [0.15, 0.2) is 53.2 Å². The van der Waals surface area contributed by atoms with E-state index in [4.69, 9.17) is 14.2 Å². The quantitative estimate of drug-likeness (QED) is 0.414. The van der Waals surface area contributed by atoms with Gasteiger partial charge in [0.1, 0.15) is 13.2 Å². The molecule has 0 aliphatic carbocycles. The minimum absolute atomic E-state index is 0.265. The molecule has 0 fully saturated rings. The normalized spacial score (nSPS) is 17.6. The molecule has 0 spiro atoms. The first-order chi connectivity index (χ1) is 11.7. The summed E-state index contributed by atoms with van der Waals surface area (Å²) in [6, 6.07) is 13.1. The van der Waals surface area contributed by atoms with E-state index in [2.05, 4.69) is 27.6 Å². The van der Waals surface area contributed by atoms with Gasteiger partial charge in [-0.1, -0.05) is 18.2 Å². The van der Waals surface area contributed by atoms with E-state index in [0.717, 1.165) is 14.7 Å². The molecular formula is C18H12INO4. The minimum Gasteiger partial charge on any atom is -0.486 e. The molecule has 0 aromatic heterocycles. The topological polar surface area (TPSA) is 57.1 Å². The number of rotatable bonds is 2. The second kappa shape index (κ2) is 6.27. The SMILES string of the molecule is O=C1OC(c2ccccc2I)=NC1=Cc1ccc2c(c1)OCCO2. The summed E-state index contributed by atoms with van der Waals surface area (Å²) in [5, 5.41) is 0. The number of hydrogen-bond donors (Lipinski definition) is 0. The summed E-state index contributed by atoms with van der Waals surface area (Å²) >= 11 is 2.19. The van der Waals surface area contributed by atoms with Crippen LogP contribution in [0.5, 0.6) is 11.5 Å². The molecule has 4 rings (SSSR count). The van der Waals surface area contributed by atoms with Gasteiger partial charge < -0.3 is 14.2 Å². The molecule has 0 N–H and O–H groups in total. The van der Waals surface area contributed by atoms with Gasteiger partial charge in [-0.2, -0.15) is 0 Å². The predicted molar refractivity (Wildman–Crippen MR) is 97.2 cm³/mol. The van der Waals surface area contributed by atoms with Crippen molar-refractivity contribution < 1.29 is 19.0 Å². The zero-order valence-electron chi connectivity index (χ0n) is 12.5. The second-order valence-electron chi connectivity index (χ2n) is 5.22. The molecule has 0 saturated carbocycles. The molecule has 120 valence electrons. The van der Waals surface area contributed by atoms with Crippen molar-refractivity contribution in [3.05, 3.63) is 62.9 Å². The Bertz CT molecular complexity index is 888. The lowest BCUT2D eigenvalue weighted by Gasteiger charge is -2.18. The number of carbonyl (C=O) groups excluding carboxylic acids is 1. The molecule has 5 nitrogen and oxygen atoms in total. The highest BCUT2D eigenvalue weighted by Gasteiger charge is 2.25. The number of cyclic esters (lactones) is 1. The summed E-state index contributed by atoms with van der Waals surface area (Å²) in [6.45, 7) is 1.06. The number of aliphatic imine (C=N–C) groups is 1. The maximum absolute atomic E-state index is 12.1. The van der Waals surface area contributed by atoms with Crippen LogP contribution in [0.1, 0.15) is 11.1 Å². The highest BCUT2D eigenvalue weighted by Crippen LogP contribution is 2.32. The molecule has 0 radical (unpaired) electrons. The van der Waals surface area contributed by atoms with Gasteiger partial charge in [-0.15, -0.1) is 0 Å². The lowest BCUT2D eigenvalue weighted by Crippen LogP contribution is -2.15. The largest absolute Gasteiger partial charge is 0.486 e. The Morgan fingerprint density at radius 2 is 1.83 bits per heavy atom. The van der Waals surface area contributed by atoms with Gasteiger partial charge in [0.15, 0.2) is 17.2 Å². The molecule has 0 saturated heterocycles. The minimum atomic E-state index is -0.459. The fourth-order valence-electron chi connectivity index (χ4n) is 2.47. The first-order valence-corrected chi connectivity index (χ1v) is 8.46. The summed E-state index contributed by atoms with van der Waals surface area (Å²) in [5.41, 5.74) is 1.87. The van der Waals surface area contributed by atoms with Crippen molar-refractivity contribution >= 4 is 40.5 Å². The third-order valence-electron chi connectivity index (χ3n) is 3.59. The van der Waals surface area contributed by atoms with Crippen molar-refractivity contribution in [2.75, 3.05) is 13.2 Å². The van der Waals surface area contributed by atoms with Crippen molar-refractivity contribution in [2.45, 2.75) is 0 Å². The number of ether oxygens (including phenoxy) is 3. The Morgan fingerprint density at radius 1 is 1.04 bits per heavy atom. The number of nitrogens with zero attached hydrogens (tertiary/aromatic N) is 1. The van der Waals surface area contributed by atoms with E-state index < -0.39 is 5.97 Å². The Morgan fingerprint density at radius 3 is 2.67 bits per heavy atom. The zero-order valence-corrected chi connectivity index (χ0v) is 14.6. The molecule has 2 aliphatic rings. The van der Waals surface area contributed by atoms with Crippen LogP contribution in [0.25, 0.3) is 6.08 Å². The van der Waals surface area contributed by atoms with Crippen molar-refractivity contribution in [1.29, 1.82) is 0 Å². The lowest BCUT2D eigenvalue weighted by atomic mass is 10.1. The first-order valence-electron chi connectivity index (χ1n) is 7.38. The first kappa shape index (κ1) is 15.2. The Hall–Kier alpha value is -2.35. The average Bonchev–Trinajstić information content (AvgIpc) is 2.96. The molecule has 0 unspecified atom stereocenters. The summed E-state index contributed by atoms with van der Waals surface area (Å²) in [6.07, 6.45) is 1.68. The van der Waals surface area contributed by atoms with Crippen molar-refractivity contribution in [3.8, 4) is 11.5 Å². The molecule has 0 amide bonds. The van der Waals surface area contributed by atoms with E-state index in [1.807, 2.05) is 42.5 Å². The van der Waals surface area contributed by atoms with Crippen molar-refractivity contribution in [3.63, 3.8) is 0 Å². The lowest BCUT2D eigenvalue weighted by molar-refractivity contribution is -0.129. The van der Waals surface area contributed by atoms with Gasteiger partial charge in [-0.25, -0.2) is 9.79 Å². The monoisotopic (exact) mass is 433 g/mol. The number of hydrogen-bond acceptors (Lipinski definition) is 5. The molecule has 2 heterocycles. The molecule has 0 bridgehead atoms. The van der Waals surface area contributed by atoms with Crippen LogP contribution in [-0.4, -0.2) is 25.1 Å². The summed E-state index contributed by atoms with van der Waals surface area (Å²) < 4.78 is 17.3. The Kier molecular flexibility index (Phi) is 3.97. The van der Waals surface area contributed by atoms with Crippen molar-refractivity contribution in [2.24, 2.45) is 4.99 Å². The summed E-state index contributed by atoms with van der Waals surface area (Å²) in [7, 11) is 0. The number of carbonyl (C=O) groups is 1. The molecule has 6 heteroatoms. The van der Waals surface area contributed by atoms with Gasteiger partial charge in [0.05, 0.1) is 5.56 Å². The molecular weight excluding hydrogens is 421 g/mol. The summed E-state index contributed by atoms with van der Waals surface area (Å²) in [5.74, 6) is 1.25. The van der Waals surface area contributed by atoms with E-state index in [1.165, 1.54) is 0 Å². The van der Waals surface area contributed by atoms with Crippen LogP contribution >= 0.6 is 22.6 Å². The molecule has 2 aliphatic heterocycles. The molecule has 2 aromatic rings. The van der Waals surface area contributed by atoms with E-state index in [-0.39, 0.29) is 5.70 Å². The maximum atomic E-state index is 12.1. The van der Waals surface area contributed by atoms with Gasteiger partial charge in [0.2, 0.25) is 5.90 Å². The van der Waals surface area contributed by atoms with Crippen LogP contribution < -0.4 is 9.47 Å². The van der Waals surface area contributed by atoms with E-state index >= 15 is 0 Å². The second-order valence-corrected chi connectivity index (χ2v) is 6.38.